The van der Waals surface area contributed by atoms with Crippen LogP contribution in [0.5, 0.6) is 0 Å². The molecule has 0 heterocycles. The largest absolute Gasteiger partial charge is 0.277 e. The van der Waals surface area contributed by atoms with Gasteiger partial charge >= 0.3 is 0 Å². The molecule has 0 radical (unpaired) electrons. The van der Waals surface area contributed by atoms with Crippen LogP contribution in [0.2, 0.25) is 0 Å². The predicted molar refractivity (Wildman–Crippen MR) is 93.8 cm³/mol. The molecular formula is C20H27NO2. The number of hydrogen-bond donors (Lipinski definition) is 1. The number of nitrogens with one attached hydrogen (secondary N) is 1. The van der Waals surface area contributed by atoms with Crippen LogP contribution in [-0.4, -0.2) is 13.0 Å². The van der Waals surface area contributed by atoms with E-state index in [0.717, 1.165) is 25.7 Å². The van der Waals surface area contributed by atoms with Gasteiger partial charge in [-0.05, 0) is 51.0 Å². The Balaban J connectivity index is 2.14. The molecule has 0 saturated carbocycles. The molecule has 3 heteroatoms. The summed E-state index contributed by atoms with van der Waals surface area (Å²) in [6.07, 6.45) is 8.40. The Morgan fingerprint density at radius 2 is 2.04 bits per heavy atom. The van der Waals surface area contributed by atoms with Crippen LogP contribution in [0.3, 0.4) is 0 Å². The Kier molecular flexibility index (Phi) is 6.60. The minimum absolute atomic E-state index is 0.0269. The van der Waals surface area contributed by atoms with Crippen molar-refractivity contribution in [3.05, 3.63) is 59.2 Å². The zero-order valence-corrected chi connectivity index (χ0v) is 14.3. The molecule has 23 heavy (non-hydrogen) atoms. The minimum Gasteiger partial charge on any atom is -0.277 e. The lowest BCUT2D eigenvalue weighted by Crippen LogP contribution is -2.35. The molecule has 1 aliphatic carbocycles. The molecule has 0 bridgehead atoms. The zero-order valence-electron chi connectivity index (χ0n) is 14.3. The van der Waals surface area contributed by atoms with Gasteiger partial charge in [-0.1, -0.05) is 53.6 Å². The molecule has 0 spiro atoms. The van der Waals surface area contributed by atoms with Gasteiger partial charge in [-0.15, -0.1) is 0 Å². The maximum Gasteiger partial charge on any atom is 0.247 e. The monoisotopic (exact) mass is 313 g/mol. The van der Waals surface area contributed by atoms with E-state index in [9.17, 15) is 4.79 Å². The highest BCUT2D eigenvalue weighted by molar-refractivity contribution is 5.79. The van der Waals surface area contributed by atoms with Crippen LogP contribution in [0.25, 0.3) is 0 Å². The molecule has 1 aromatic rings. The van der Waals surface area contributed by atoms with E-state index in [0.29, 0.717) is 0 Å². The molecule has 0 saturated heterocycles. The molecule has 2 atom stereocenters. The summed E-state index contributed by atoms with van der Waals surface area (Å²) < 4.78 is 0. The number of hydrogen-bond acceptors (Lipinski definition) is 2. The summed E-state index contributed by atoms with van der Waals surface area (Å²) >= 11 is 0. The minimum atomic E-state index is -0.0652. The highest BCUT2D eigenvalue weighted by Gasteiger charge is 2.32. The number of amides is 1. The van der Waals surface area contributed by atoms with Gasteiger partial charge in [-0.3, -0.25) is 9.63 Å². The van der Waals surface area contributed by atoms with Crippen molar-refractivity contribution in [2.24, 2.45) is 5.92 Å². The van der Waals surface area contributed by atoms with E-state index >= 15 is 0 Å². The number of carbonyl (C=O) groups is 1. The maximum atomic E-state index is 12.3. The Morgan fingerprint density at radius 1 is 1.30 bits per heavy atom. The fourth-order valence-electron chi connectivity index (χ4n) is 3.23. The second kappa shape index (κ2) is 8.68. The van der Waals surface area contributed by atoms with E-state index in [2.05, 4.69) is 43.6 Å². The molecule has 0 unspecified atom stereocenters. The smallest absolute Gasteiger partial charge is 0.247 e. The van der Waals surface area contributed by atoms with Crippen molar-refractivity contribution in [3.8, 4) is 0 Å². The SMILES string of the molecule is CONC(=O)[C@@H]1CC=C(CCC=C(C)C)C[C@H]1c1ccccc1. The molecule has 124 valence electrons. The molecule has 1 N–H and O–H groups in total. The van der Waals surface area contributed by atoms with Crippen LogP contribution in [0.15, 0.2) is 53.6 Å². The number of benzene rings is 1. The van der Waals surface area contributed by atoms with Crippen molar-refractivity contribution in [1.29, 1.82) is 0 Å². The summed E-state index contributed by atoms with van der Waals surface area (Å²) in [5, 5.41) is 0. The van der Waals surface area contributed by atoms with Crippen molar-refractivity contribution in [2.75, 3.05) is 7.11 Å². The van der Waals surface area contributed by atoms with E-state index in [1.54, 1.807) is 0 Å². The van der Waals surface area contributed by atoms with Crippen LogP contribution in [0.4, 0.5) is 0 Å². The lowest BCUT2D eigenvalue weighted by molar-refractivity contribution is -0.136. The first-order valence-electron chi connectivity index (χ1n) is 8.31. The van der Waals surface area contributed by atoms with Gasteiger partial charge in [-0.25, -0.2) is 5.48 Å². The summed E-state index contributed by atoms with van der Waals surface area (Å²) in [6, 6.07) is 10.3. The summed E-state index contributed by atoms with van der Waals surface area (Å²) in [4.78, 5) is 17.1. The number of carbonyl (C=O) groups excluding carboxylic acids is 1. The van der Waals surface area contributed by atoms with Gasteiger partial charge in [0, 0.05) is 0 Å². The zero-order chi connectivity index (χ0) is 16.7. The third kappa shape index (κ3) is 5.07. The topological polar surface area (TPSA) is 38.3 Å². The molecule has 2 rings (SSSR count). The molecule has 3 nitrogen and oxygen atoms in total. The van der Waals surface area contributed by atoms with Gasteiger partial charge < -0.3 is 0 Å². The Bertz CT molecular complexity index is 571. The van der Waals surface area contributed by atoms with Crippen molar-refractivity contribution < 1.29 is 9.63 Å². The summed E-state index contributed by atoms with van der Waals surface area (Å²) in [6.45, 7) is 4.26. The van der Waals surface area contributed by atoms with Gasteiger partial charge in [0.2, 0.25) is 5.91 Å². The van der Waals surface area contributed by atoms with Crippen molar-refractivity contribution >= 4 is 5.91 Å². The third-order valence-corrected chi connectivity index (χ3v) is 4.41. The molecular weight excluding hydrogens is 286 g/mol. The average molecular weight is 313 g/mol. The van der Waals surface area contributed by atoms with Crippen LogP contribution < -0.4 is 5.48 Å². The van der Waals surface area contributed by atoms with Gasteiger partial charge in [0.05, 0.1) is 13.0 Å². The highest BCUT2D eigenvalue weighted by atomic mass is 16.6. The molecule has 0 aliphatic heterocycles. The molecule has 1 aliphatic rings. The number of rotatable bonds is 6. The fourth-order valence-corrected chi connectivity index (χ4v) is 3.23. The van der Waals surface area contributed by atoms with Gasteiger partial charge in [0.15, 0.2) is 0 Å². The maximum absolute atomic E-state index is 12.3. The Morgan fingerprint density at radius 3 is 2.70 bits per heavy atom. The van der Waals surface area contributed by atoms with E-state index in [1.807, 2.05) is 18.2 Å². The van der Waals surface area contributed by atoms with E-state index in [1.165, 1.54) is 23.8 Å². The first-order valence-corrected chi connectivity index (χ1v) is 8.31. The van der Waals surface area contributed by atoms with Crippen LogP contribution in [-0.2, 0) is 9.63 Å². The standard InChI is InChI=1S/C20H27NO2/c1-15(2)8-7-9-16-12-13-18(20(22)21-23-3)19(14-16)17-10-5-4-6-11-17/h4-6,8,10-12,18-19H,7,9,13-14H2,1-3H3,(H,21,22)/t18-,19+/m1/s1. The van der Waals surface area contributed by atoms with Crippen molar-refractivity contribution in [1.82, 2.24) is 5.48 Å². The Hall–Kier alpha value is -1.87. The summed E-state index contributed by atoms with van der Waals surface area (Å²) in [5.41, 5.74) is 6.56. The summed E-state index contributed by atoms with van der Waals surface area (Å²) in [5.74, 6) is 0.128. The lowest BCUT2D eigenvalue weighted by Gasteiger charge is -2.30. The first kappa shape index (κ1) is 17.5. The van der Waals surface area contributed by atoms with Crippen LogP contribution in [0.1, 0.15) is 51.0 Å². The quantitative estimate of drug-likeness (QED) is 0.619. The predicted octanol–water partition coefficient (Wildman–Crippen LogP) is 4.53. The van der Waals surface area contributed by atoms with E-state index in [4.69, 9.17) is 4.84 Å². The van der Waals surface area contributed by atoms with Crippen molar-refractivity contribution in [2.45, 2.75) is 45.4 Å². The molecule has 0 fully saturated rings. The normalized spacial score (nSPS) is 20.6. The second-order valence-corrected chi connectivity index (χ2v) is 6.42. The molecule has 1 aromatic carbocycles. The Labute approximate surface area is 139 Å². The second-order valence-electron chi connectivity index (χ2n) is 6.42. The molecule has 1 amide bonds. The van der Waals surface area contributed by atoms with E-state index < -0.39 is 0 Å². The first-order chi connectivity index (χ1) is 11.1. The molecule has 0 aromatic heterocycles. The van der Waals surface area contributed by atoms with Crippen LogP contribution >= 0.6 is 0 Å². The number of hydroxylamine groups is 1. The van der Waals surface area contributed by atoms with Gasteiger partial charge in [-0.2, -0.15) is 0 Å². The fraction of sp³-hybridized carbons (Fsp3) is 0.450. The van der Waals surface area contributed by atoms with Crippen LogP contribution in [0, 0.1) is 5.92 Å². The lowest BCUT2D eigenvalue weighted by atomic mass is 9.74. The third-order valence-electron chi connectivity index (χ3n) is 4.41. The van der Waals surface area contributed by atoms with Gasteiger partial charge in [0.1, 0.15) is 0 Å². The van der Waals surface area contributed by atoms with Crippen molar-refractivity contribution in [3.63, 3.8) is 0 Å². The van der Waals surface area contributed by atoms with E-state index in [-0.39, 0.29) is 17.7 Å². The average Bonchev–Trinajstić information content (AvgIpc) is 2.55. The highest BCUT2D eigenvalue weighted by Crippen LogP contribution is 2.39. The summed E-state index contributed by atoms with van der Waals surface area (Å²) in [7, 11) is 1.49. The van der Waals surface area contributed by atoms with Gasteiger partial charge in [0.25, 0.3) is 0 Å². The number of allylic oxidation sites excluding steroid dienone is 4.